The first kappa shape index (κ1) is 40.6. The predicted molar refractivity (Wildman–Crippen MR) is 239 cm³/mol. The summed E-state index contributed by atoms with van der Waals surface area (Å²) in [5.74, 6) is -0.786. The average molecular weight is 895 g/mol. The number of carbonyl (C=O) groups is 1. The Labute approximate surface area is 376 Å². The predicted octanol–water partition coefficient (Wildman–Crippen LogP) is 7.53. The van der Waals surface area contributed by atoms with Crippen molar-refractivity contribution in [2.45, 2.75) is 102 Å². The number of nitrogens with zero attached hydrogens (tertiary/aromatic N) is 9. The molecule has 8 heterocycles. The maximum atomic E-state index is 16.2. The van der Waals surface area contributed by atoms with Crippen LogP contribution in [0.2, 0.25) is 0 Å². The lowest BCUT2D eigenvalue weighted by Gasteiger charge is -2.38. The molecule has 17 heteroatoms. The van der Waals surface area contributed by atoms with Gasteiger partial charge in [-0.3, -0.25) is 28.1 Å². The van der Waals surface area contributed by atoms with E-state index in [1.54, 1.807) is 60.7 Å². The lowest BCUT2D eigenvalue weighted by molar-refractivity contribution is -0.0593. The Hall–Kier alpha value is -6.88. The SMILES string of the molecule is Cc1cc(-n2nc3c(c2-n2ccn(-c4ccc5c(cnn5C)c4F)c2=O)[C@H](C)N(C(=O)c2cn4cc(C5CCOC(C)(C)C5)ccc4c2C2(c4noc(=O)[nH]4)CC2)CC32CC2)cc(C)c1F. The average Bonchev–Trinajstić information content (AvgIpc) is 3.88. The number of H-pyrrole nitrogens is 1. The second kappa shape index (κ2) is 13.8. The van der Waals surface area contributed by atoms with E-state index < -0.39 is 34.1 Å². The summed E-state index contributed by atoms with van der Waals surface area (Å²) in [7, 11) is 1.72. The largest absolute Gasteiger partial charge is 0.438 e. The van der Waals surface area contributed by atoms with Gasteiger partial charge in [0.2, 0.25) is 0 Å². The Balaban J connectivity index is 1.03. The van der Waals surface area contributed by atoms with Gasteiger partial charge in [0.1, 0.15) is 11.6 Å². The normalized spacial score (nSPS) is 20.4. The van der Waals surface area contributed by atoms with Crippen LogP contribution in [-0.4, -0.2) is 72.8 Å². The molecule has 1 spiro atoms. The molecule has 1 unspecified atom stereocenters. The zero-order valence-corrected chi connectivity index (χ0v) is 37.5. The van der Waals surface area contributed by atoms with Gasteiger partial charge in [-0.2, -0.15) is 10.2 Å². The highest BCUT2D eigenvalue weighted by molar-refractivity contribution is 6.00. The van der Waals surface area contributed by atoms with Crippen molar-refractivity contribution < 1.29 is 22.8 Å². The number of ether oxygens (including phenoxy) is 1. The third-order valence-electron chi connectivity index (χ3n) is 15.0. The number of aromatic nitrogens is 9. The molecule has 2 saturated carbocycles. The van der Waals surface area contributed by atoms with Crippen molar-refractivity contribution in [1.29, 1.82) is 0 Å². The fraction of sp³-hybridized carbons (Fsp3) is 0.388. The number of fused-ring (bicyclic) bond motifs is 4. The van der Waals surface area contributed by atoms with Crippen molar-refractivity contribution in [2.75, 3.05) is 13.2 Å². The van der Waals surface area contributed by atoms with Crippen LogP contribution in [0.1, 0.15) is 121 Å². The van der Waals surface area contributed by atoms with Crippen LogP contribution in [0.4, 0.5) is 8.78 Å². The number of rotatable bonds is 7. The van der Waals surface area contributed by atoms with Gasteiger partial charge in [-0.05, 0) is 126 Å². The molecule has 1 N–H and O–H groups in total. The highest BCUT2D eigenvalue weighted by atomic mass is 19.1. The minimum absolute atomic E-state index is 0.0515. The smallest absolute Gasteiger partial charge is 0.376 e. The third-order valence-corrected chi connectivity index (χ3v) is 15.0. The molecule has 338 valence electrons. The van der Waals surface area contributed by atoms with Crippen LogP contribution in [0.25, 0.3) is 33.6 Å². The number of carbonyl (C=O) groups excluding carboxylic acids is 1. The van der Waals surface area contributed by atoms with Crippen molar-refractivity contribution in [3.8, 4) is 17.2 Å². The van der Waals surface area contributed by atoms with Crippen molar-refractivity contribution in [1.82, 2.24) is 48.1 Å². The van der Waals surface area contributed by atoms with Crippen LogP contribution in [0.5, 0.6) is 0 Å². The number of pyridine rings is 1. The topological polar surface area (TPSA) is 155 Å². The number of halogens is 2. The van der Waals surface area contributed by atoms with Crippen molar-refractivity contribution in [3.63, 3.8) is 0 Å². The number of hydrogen-bond donors (Lipinski definition) is 1. The monoisotopic (exact) mass is 894 g/mol. The Kier molecular flexibility index (Phi) is 8.51. The number of nitrogens with one attached hydrogen (secondary N) is 1. The van der Waals surface area contributed by atoms with E-state index in [-0.39, 0.29) is 34.3 Å². The van der Waals surface area contributed by atoms with Gasteiger partial charge in [0, 0.05) is 61.5 Å². The highest BCUT2D eigenvalue weighted by Gasteiger charge is 2.57. The van der Waals surface area contributed by atoms with Crippen LogP contribution < -0.4 is 11.4 Å². The van der Waals surface area contributed by atoms with Crippen LogP contribution in [0.15, 0.2) is 81.5 Å². The molecule has 15 nitrogen and oxygen atoms in total. The Bertz CT molecular complexity index is 3460. The Morgan fingerprint density at radius 2 is 1.68 bits per heavy atom. The first-order valence-electron chi connectivity index (χ1n) is 22.6. The van der Waals surface area contributed by atoms with E-state index in [2.05, 4.69) is 47.4 Å². The second-order valence-corrected chi connectivity index (χ2v) is 19.7. The molecule has 3 fully saturated rings. The summed E-state index contributed by atoms with van der Waals surface area (Å²) < 4.78 is 50.5. The summed E-state index contributed by atoms with van der Waals surface area (Å²) in [6.07, 6.45) is 13.1. The molecule has 4 aliphatic rings. The molecule has 12 rings (SSSR count). The molecular formula is C49H48F2N10O5. The van der Waals surface area contributed by atoms with Gasteiger partial charge in [-0.15, -0.1) is 0 Å². The van der Waals surface area contributed by atoms with E-state index in [1.165, 1.54) is 21.5 Å². The summed E-state index contributed by atoms with van der Waals surface area (Å²) in [6, 6.07) is 10.3. The van der Waals surface area contributed by atoms with E-state index in [4.69, 9.17) is 14.4 Å². The Morgan fingerprint density at radius 3 is 2.38 bits per heavy atom. The lowest BCUT2D eigenvalue weighted by atomic mass is 9.84. The fourth-order valence-electron chi connectivity index (χ4n) is 11.2. The third kappa shape index (κ3) is 5.87. The van der Waals surface area contributed by atoms with Gasteiger partial charge in [-0.25, -0.2) is 23.1 Å². The highest BCUT2D eigenvalue weighted by Crippen LogP contribution is 2.58. The summed E-state index contributed by atoms with van der Waals surface area (Å²) in [4.78, 5) is 47.7. The molecule has 2 aliphatic carbocycles. The molecule has 1 saturated heterocycles. The molecule has 0 bridgehead atoms. The minimum Gasteiger partial charge on any atom is -0.376 e. The van der Waals surface area contributed by atoms with E-state index in [1.807, 2.05) is 22.4 Å². The fourth-order valence-corrected chi connectivity index (χ4v) is 11.2. The molecule has 0 radical (unpaired) electrons. The molecule has 2 aliphatic heterocycles. The van der Waals surface area contributed by atoms with Crippen molar-refractivity contribution in [3.05, 3.63) is 145 Å². The van der Waals surface area contributed by atoms with Crippen molar-refractivity contribution in [2.24, 2.45) is 7.05 Å². The van der Waals surface area contributed by atoms with Crippen LogP contribution in [0.3, 0.4) is 0 Å². The van der Waals surface area contributed by atoms with Gasteiger partial charge in [0.15, 0.2) is 11.6 Å². The van der Waals surface area contributed by atoms with Crippen LogP contribution in [0, 0.1) is 25.5 Å². The van der Waals surface area contributed by atoms with E-state index >= 15 is 13.6 Å². The maximum Gasteiger partial charge on any atom is 0.438 e. The molecule has 2 aromatic carbocycles. The lowest BCUT2D eigenvalue weighted by Crippen LogP contribution is -2.44. The maximum absolute atomic E-state index is 16.2. The zero-order chi connectivity index (χ0) is 45.8. The number of hydrogen-bond acceptors (Lipinski definition) is 8. The number of amides is 1. The summed E-state index contributed by atoms with van der Waals surface area (Å²) in [5.41, 5.74) is 4.56. The van der Waals surface area contributed by atoms with Gasteiger partial charge in [0.25, 0.3) is 5.91 Å². The first-order chi connectivity index (χ1) is 31.6. The van der Waals surface area contributed by atoms with Gasteiger partial charge in [-0.1, -0.05) is 11.2 Å². The first-order valence-corrected chi connectivity index (χ1v) is 22.6. The van der Waals surface area contributed by atoms with Crippen molar-refractivity contribution >= 4 is 22.3 Å². The second-order valence-electron chi connectivity index (χ2n) is 19.7. The van der Waals surface area contributed by atoms with E-state index in [0.717, 1.165) is 48.0 Å². The molecule has 1 amide bonds. The minimum atomic E-state index is -0.756. The van der Waals surface area contributed by atoms with E-state index in [9.17, 15) is 9.59 Å². The number of imidazole rings is 1. The van der Waals surface area contributed by atoms with E-state index in [0.29, 0.717) is 71.1 Å². The zero-order valence-electron chi connectivity index (χ0n) is 37.5. The molecule has 2 atom stereocenters. The number of benzene rings is 2. The Morgan fingerprint density at radius 1 is 0.939 bits per heavy atom. The summed E-state index contributed by atoms with van der Waals surface area (Å²) >= 11 is 0. The quantitative estimate of drug-likeness (QED) is 0.172. The van der Waals surface area contributed by atoms with Gasteiger partial charge >= 0.3 is 11.4 Å². The molecule has 66 heavy (non-hydrogen) atoms. The number of aryl methyl sites for hydroxylation is 3. The molecule has 8 aromatic rings. The van der Waals surface area contributed by atoms with Gasteiger partial charge in [0.05, 0.1) is 62.3 Å². The van der Waals surface area contributed by atoms with Gasteiger partial charge < -0.3 is 14.0 Å². The molecular weight excluding hydrogens is 847 g/mol. The van der Waals surface area contributed by atoms with Crippen LogP contribution in [-0.2, 0) is 22.6 Å². The summed E-state index contributed by atoms with van der Waals surface area (Å²) in [5, 5.41) is 13.9. The standard InChI is InChI=1S/C49H48F2N10O5/c1-26-19-31(20-27(2)39(26)50)61-42(59-17-16-58(46(59)64)36-10-9-34-32(40(36)51)22-52-56(34)6)37-28(3)60(25-48(12-13-48)41(37)54-61)43(62)33-24-57-23-30(29-11-18-65-47(4,5)21-29)7-8-35(57)38(33)49(14-15-49)44-53-45(63)66-55-44/h7-10,16-17,19-20,22-24,28-29H,11-15,18,21,25H2,1-6H3,(H,53,55,63)/t28-,29?/m0/s1. The van der Waals surface area contributed by atoms with Crippen LogP contribution >= 0.6 is 0 Å². The number of aromatic amines is 1. The summed E-state index contributed by atoms with van der Waals surface area (Å²) in [6.45, 7) is 10.6. The molecule has 6 aromatic heterocycles.